The normalized spacial score (nSPS) is 31.6. The summed E-state index contributed by atoms with van der Waals surface area (Å²) in [6.07, 6.45) is 6.53. The van der Waals surface area contributed by atoms with E-state index in [0.717, 1.165) is 16.8 Å². The Balaban J connectivity index is 1.39. The Labute approximate surface area is 179 Å². The molecule has 3 aliphatic rings. The van der Waals surface area contributed by atoms with E-state index in [1.807, 2.05) is 30.4 Å². The van der Waals surface area contributed by atoms with Gasteiger partial charge in [0, 0.05) is 30.5 Å². The lowest BCUT2D eigenvalue weighted by molar-refractivity contribution is -0.0659. The summed E-state index contributed by atoms with van der Waals surface area (Å²) in [7, 11) is 0. The van der Waals surface area contributed by atoms with Gasteiger partial charge in [0.1, 0.15) is 12.4 Å². The Morgan fingerprint density at radius 1 is 1.16 bits per heavy atom. The molecule has 0 bridgehead atoms. The van der Waals surface area contributed by atoms with E-state index in [-0.39, 0.29) is 42.4 Å². The number of ether oxygens (including phenoxy) is 1. The van der Waals surface area contributed by atoms with Crippen LogP contribution >= 0.6 is 0 Å². The van der Waals surface area contributed by atoms with Gasteiger partial charge >= 0.3 is 0 Å². The molecule has 1 aromatic heterocycles. The maximum atomic E-state index is 14.0. The highest BCUT2D eigenvalue weighted by Crippen LogP contribution is 2.55. The van der Waals surface area contributed by atoms with Gasteiger partial charge in [-0.2, -0.15) is 0 Å². The summed E-state index contributed by atoms with van der Waals surface area (Å²) in [5, 5.41) is 11.0. The molecule has 1 spiro atoms. The lowest BCUT2D eigenvalue weighted by atomic mass is 9.75. The molecular weight excluding hydrogens is 403 g/mol. The molecule has 1 aliphatic heterocycles. The minimum atomic E-state index is -2.61. The maximum absolute atomic E-state index is 14.0. The molecule has 0 radical (unpaired) electrons. The highest BCUT2D eigenvalue weighted by molar-refractivity contribution is 5.73. The van der Waals surface area contributed by atoms with Gasteiger partial charge in [-0.05, 0) is 54.5 Å². The van der Waals surface area contributed by atoms with E-state index < -0.39 is 11.5 Å². The van der Waals surface area contributed by atoms with E-state index in [0.29, 0.717) is 19.4 Å². The zero-order valence-electron chi connectivity index (χ0n) is 17.0. The maximum Gasteiger partial charge on any atom is 0.282 e. The molecule has 162 valence electrons. The van der Waals surface area contributed by atoms with E-state index in [2.05, 4.69) is 10.3 Å². The summed E-state index contributed by atoms with van der Waals surface area (Å²) in [4.78, 5) is 4.48. The smallest absolute Gasteiger partial charge is 0.282 e. The molecule has 2 aliphatic carbocycles. The van der Waals surface area contributed by atoms with Gasteiger partial charge in [0.2, 0.25) is 5.92 Å². The van der Waals surface area contributed by atoms with Gasteiger partial charge < -0.3 is 10.1 Å². The second kappa shape index (κ2) is 7.39. The van der Waals surface area contributed by atoms with Gasteiger partial charge in [-0.1, -0.05) is 24.3 Å². The van der Waals surface area contributed by atoms with E-state index in [1.54, 1.807) is 12.3 Å². The predicted octanol–water partition coefficient (Wildman–Crippen LogP) is 5.27. The topological polar surface area (TPSA) is 58.0 Å². The first kappa shape index (κ1) is 20.1. The number of hydrogen-bond acceptors (Lipinski definition) is 3. The number of pyridine rings is 1. The molecule has 2 saturated carbocycles. The number of fused-ring (bicyclic) bond motifs is 1. The fourth-order valence-corrected chi connectivity index (χ4v) is 5.62. The van der Waals surface area contributed by atoms with Crippen LogP contribution in [0.5, 0.6) is 0 Å². The first-order valence-corrected chi connectivity index (χ1v) is 10.6. The Kier molecular flexibility index (Phi) is 4.79. The van der Waals surface area contributed by atoms with E-state index in [4.69, 9.17) is 10.1 Å². The largest absolute Gasteiger partial charge is 0.463 e. The second-order valence-electron chi connectivity index (χ2n) is 8.99. The summed E-state index contributed by atoms with van der Waals surface area (Å²) in [6.45, 7) is 0.325. The molecule has 1 saturated heterocycles. The first-order chi connectivity index (χ1) is 14.8. The Hall–Kier alpha value is -2.83. The van der Waals surface area contributed by atoms with E-state index >= 15 is 0 Å². The summed E-state index contributed by atoms with van der Waals surface area (Å²) in [5.74, 6) is -2.88. The molecule has 5 rings (SSSR count). The van der Waals surface area contributed by atoms with Crippen molar-refractivity contribution in [2.75, 3.05) is 6.61 Å². The van der Waals surface area contributed by atoms with Gasteiger partial charge in [-0.25, -0.2) is 13.2 Å². The zero-order valence-corrected chi connectivity index (χ0v) is 17.0. The molecule has 2 N–H and O–H groups in total. The molecule has 7 heteroatoms. The summed E-state index contributed by atoms with van der Waals surface area (Å²) >= 11 is 0. The van der Waals surface area contributed by atoms with Crippen LogP contribution in [0.3, 0.4) is 0 Å². The number of aromatic nitrogens is 1. The van der Waals surface area contributed by atoms with Crippen LogP contribution in [0.1, 0.15) is 31.4 Å². The number of halogens is 3. The van der Waals surface area contributed by atoms with Crippen molar-refractivity contribution in [3.05, 3.63) is 60.2 Å². The number of rotatable bonds is 3. The minimum absolute atomic E-state index is 0.0128. The summed E-state index contributed by atoms with van der Waals surface area (Å²) in [5.41, 5.74) is 1.82. The average molecular weight is 427 g/mol. The van der Waals surface area contributed by atoms with Crippen molar-refractivity contribution in [2.24, 2.45) is 17.8 Å². The van der Waals surface area contributed by atoms with Crippen molar-refractivity contribution in [2.45, 2.75) is 37.1 Å². The molecule has 1 unspecified atom stereocenters. The van der Waals surface area contributed by atoms with Crippen LogP contribution in [-0.4, -0.2) is 29.1 Å². The number of alkyl halides is 2. The average Bonchev–Trinajstić information content (AvgIpc) is 3.24. The lowest BCUT2D eigenvalue weighted by Crippen LogP contribution is -2.47. The van der Waals surface area contributed by atoms with Gasteiger partial charge in [-0.3, -0.25) is 10.4 Å². The molecule has 2 heterocycles. The molecule has 31 heavy (non-hydrogen) atoms. The van der Waals surface area contributed by atoms with Crippen molar-refractivity contribution < 1.29 is 17.9 Å². The molecule has 0 amide bonds. The van der Waals surface area contributed by atoms with Crippen molar-refractivity contribution in [1.29, 1.82) is 5.41 Å². The van der Waals surface area contributed by atoms with Crippen molar-refractivity contribution in [3.63, 3.8) is 0 Å². The van der Waals surface area contributed by atoms with Crippen LogP contribution in [0.4, 0.5) is 13.2 Å². The number of nitrogens with zero attached hydrogens (tertiary/aromatic N) is 1. The second-order valence-corrected chi connectivity index (χ2v) is 8.99. The van der Waals surface area contributed by atoms with Gasteiger partial charge in [0.15, 0.2) is 0 Å². The SMILES string of the molecule is N=C1NC2(CO1)C[C@@H]1CC(F)(F)CC[C@H]1[C@@H]2/C=C/c1ccc(-c2cccc(F)c2)cn1. The zero-order chi connectivity index (χ0) is 21.6. The minimum Gasteiger partial charge on any atom is -0.463 e. The van der Waals surface area contributed by atoms with Gasteiger partial charge in [0.25, 0.3) is 6.02 Å². The summed E-state index contributed by atoms with van der Waals surface area (Å²) in [6, 6.07) is 10.1. The van der Waals surface area contributed by atoms with Crippen LogP contribution in [0.2, 0.25) is 0 Å². The first-order valence-electron chi connectivity index (χ1n) is 10.6. The van der Waals surface area contributed by atoms with Gasteiger partial charge in [0.05, 0.1) is 11.2 Å². The number of hydrogen-bond donors (Lipinski definition) is 2. The number of amidine groups is 1. The van der Waals surface area contributed by atoms with Crippen molar-refractivity contribution in [3.8, 4) is 11.1 Å². The van der Waals surface area contributed by atoms with Crippen LogP contribution in [-0.2, 0) is 4.74 Å². The molecule has 1 aromatic carbocycles. The standard InChI is InChI=1S/C24H24F3N3O/c25-18-3-1-2-15(10-18)16-4-5-19(29-13-16)6-7-21-20-8-9-24(26,27)12-17(20)11-23(21)14-31-22(28)30-23/h1-7,10,13,17,20-21H,8-9,11-12,14H2,(H2,28,30)/b7-6+/t17-,20-,21+,23?/m1/s1. The fourth-order valence-electron chi connectivity index (χ4n) is 5.62. The molecule has 4 nitrogen and oxygen atoms in total. The Morgan fingerprint density at radius 3 is 2.74 bits per heavy atom. The van der Waals surface area contributed by atoms with Crippen LogP contribution in [0.25, 0.3) is 17.2 Å². The van der Waals surface area contributed by atoms with Crippen LogP contribution in [0.15, 0.2) is 48.7 Å². The van der Waals surface area contributed by atoms with Crippen LogP contribution < -0.4 is 5.32 Å². The summed E-state index contributed by atoms with van der Waals surface area (Å²) < 4.78 is 46.9. The third kappa shape index (κ3) is 3.82. The Bertz CT molecular complexity index is 1020. The van der Waals surface area contributed by atoms with Gasteiger partial charge in [-0.15, -0.1) is 0 Å². The lowest BCUT2D eigenvalue weighted by Gasteiger charge is -2.34. The molecule has 2 aromatic rings. The fraction of sp³-hybridized carbons (Fsp3) is 0.417. The molecular formula is C24H24F3N3O. The molecule has 4 atom stereocenters. The Morgan fingerprint density at radius 2 is 2.03 bits per heavy atom. The third-order valence-electron chi connectivity index (χ3n) is 6.99. The van der Waals surface area contributed by atoms with Crippen molar-refractivity contribution in [1.82, 2.24) is 10.3 Å². The monoisotopic (exact) mass is 427 g/mol. The van der Waals surface area contributed by atoms with Crippen molar-refractivity contribution >= 4 is 12.1 Å². The highest BCUT2D eigenvalue weighted by atomic mass is 19.3. The predicted molar refractivity (Wildman–Crippen MR) is 112 cm³/mol. The molecule has 3 fully saturated rings. The highest BCUT2D eigenvalue weighted by Gasteiger charge is 2.59. The number of nitrogens with one attached hydrogen (secondary N) is 2. The number of benzene rings is 1. The quantitative estimate of drug-likeness (QED) is 0.702. The van der Waals surface area contributed by atoms with Crippen LogP contribution in [0, 0.1) is 29.0 Å². The third-order valence-corrected chi connectivity index (χ3v) is 6.99. The van der Waals surface area contributed by atoms with E-state index in [9.17, 15) is 13.2 Å². The van der Waals surface area contributed by atoms with E-state index in [1.165, 1.54) is 12.1 Å².